The summed E-state index contributed by atoms with van der Waals surface area (Å²) < 4.78 is 26.5. The van der Waals surface area contributed by atoms with E-state index in [4.69, 9.17) is 34.8 Å². The van der Waals surface area contributed by atoms with Gasteiger partial charge in [-0.3, -0.25) is 13.9 Å². The Kier molecular flexibility index (Phi) is 10.1. The zero-order chi connectivity index (χ0) is 27.4. The predicted octanol–water partition coefficient (Wildman–Crippen LogP) is 5.44. The molecule has 0 radical (unpaired) electrons. The molecule has 0 bridgehead atoms. The molecule has 0 heterocycles. The van der Waals surface area contributed by atoms with Crippen molar-refractivity contribution in [2.24, 2.45) is 0 Å². The Labute approximate surface area is 228 Å². The van der Waals surface area contributed by atoms with E-state index in [0.717, 1.165) is 10.6 Å². The normalized spacial score (nSPS) is 12.7. The van der Waals surface area contributed by atoms with Crippen molar-refractivity contribution in [3.05, 3.63) is 62.6 Å². The maximum atomic E-state index is 13.8. The van der Waals surface area contributed by atoms with Crippen molar-refractivity contribution < 1.29 is 18.0 Å². The molecule has 1 N–H and O–H groups in total. The van der Waals surface area contributed by atoms with Crippen molar-refractivity contribution >= 4 is 62.3 Å². The van der Waals surface area contributed by atoms with Gasteiger partial charge in [-0.25, -0.2) is 8.42 Å². The van der Waals surface area contributed by atoms with Crippen LogP contribution in [0.5, 0.6) is 0 Å². The van der Waals surface area contributed by atoms with Crippen LogP contribution in [0.25, 0.3) is 0 Å². The highest BCUT2D eigenvalue weighted by molar-refractivity contribution is 7.92. The third kappa shape index (κ3) is 8.26. The van der Waals surface area contributed by atoms with Crippen LogP contribution in [0.3, 0.4) is 0 Å². The molecule has 0 fully saturated rings. The molecule has 0 aliphatic rings. The number of aryl methyl sites for hydroxylation is 1. The van der Waals surface area contributed by atoms with Gasteiger partial charge in [0.2, 0.25) is 21.8 Å². The molecule has 2 amide bonds. The Morgan fingerprint density at radius 2 is 1.61 bits per heavy atom. The van der Waals surface area contributed by atoms with Gasteiger partial charge in [0, 0.05) is 27.2 Å². The topological polar surface area (TPSA) is 86.8 Å². The summed E-state index contributed by atoms with van der Waals surface area (Å²) in [6.45, 7) is 8.49. The number of nitrogens with one attached hydrogen (secondary N) is 1. The monoisotopic (exact) mass is 575 g/mol. The molecule has 2 aromatic rings. The molecule has 0 saturated carbocycles. The molecule has 7 nitrogen and oxygen atoms in total. The molecule has 1 atom stereocenters. The van der Waals surface area contributed by atoms with E-state index < -0.39 is 34.1 Å². The van der Waals surface area contributed by atoms with Gasteiger partial charge >= 0.3 is 0 Å². The Bertz CT molecular complexity index is 1230. The number of benzene rings is 2. The van der Waals surface area contributed by atoms with Crippen molar-refractivity contribution in [2.75, 3.05) is 17.1 Å². The number of sulfonamides is 1. The zero-order valence-electron chi connectivity index (χ0n) is 21.2. The van der Waals surface area contributed by atoms with Crippen LogP contribution in [0.1, 0.15) is 45.2 Å². The number of hydrogen-bond donors (Lipinski definition) is 1. The van der Waals surface area contributed by atoms with Crippen LogP contribution in [-0.4, -0.2) is 49.5 Å². The molecule has 0 aliphatic heterocycles. The largest absolute Gasteiger partial charge is 0.350 e. The molecule has 0 aliphatic carbocycles. The first-order chi connectivity index (χ1) is 16.5. The average molecular weight is 577 g/mol. The van der Waals surface area contributed by atoms with Gasteiger partial charge in [0.05, 0.1) is 11.9 Å². The standard InChI is InChI=1S/C25H32Cl3N3O4S/c1-7-21(24(33)29-25(3,4)5)30(14-17-9-11-18(26)12-20(17)28)23(32)15-31(36(6,34)35)22-13-19(27)10-8-16(22)2/h8-13,21H,7,14-15H2,1-6H3,(H,29,33). The maximum absolute atomic E-state index is 13.8. The third-order valence-electron chi connectivity index (χ3n) is 5.36. The van der Waals surface area contributed by atoms with E-state index in [9.17, 15) is 18.0 Å². The quantitative estimate of drug-likeness (QED) is 0.430. The predicted molar refractivity (Wildman–Crippen MR) is 147 cm³/mol. The van der Waals surface area contributed by atoms with E-state index in [2.05, 4.69) is 5.32 Å². The second-order valence-corrected chi connectivity index (χ2v) is 12.8. The smallest absolute Gasteiger partial charge is 0.244 e. The highest BCUT2D eigenvalue weighted by Crippen LogP contribution is 2.28. The zero-order valence-corrected chi connectivity index (χ0v) is 24.3. The maximum Gasteiger partial charge on any atom is 0.244 e. The molecule has 198 valence electrons. The molecule has 0 spiro atoms. The summed E-state index contributed by atoms with van der Waals surface area (Å²) in [5.41, 5.74) is 0.951. The van der Waals surface area contributed by atoms with E-state index in [1.54, 1.807) is 44.2 Å². The summed E-state index contributed by atoms with van der Waals surface area (Å²) >= 11 is 18.5. The van der Waals surface area contributed by atoms with Crippen molar-refractivity contribution in [2.45, 2.75) is 59.2 Å². The lowest BCUT2D eigenvalue weighted by Crippen LogP contribution is -2.55. The Morgan fingerprint density at radius 3 is 2.14 bits per heavy atom. The SMILES string of the molecule is CCC(C(=O)NC(C)(C)C)N(Cc1ccc(Cl)cc1Cl)C(=O)CN(c1cc(Cl)ccc1C)S(C)(=O)=O. The van der Waals surface area contributed by atoms with Crippen LogP contribution >= 0.6 is 34.8 Å². The highest BCUT2D eigenvalue weighted by atomic mass is 35.5. The van der Waals surface area contributed by atoms with E-state index in [0.29, 0.717) is 32.6 Å². The van der Waals surface area contributed by atoms with Gasteiger partial charge in [-0.1, -0.05) is 53.9 Å². The van der Waals surface area contributed by atoms with Gasteiger partial charge in [0.1, 0.15) is 12.6 Å². The second kappa shape index (κ2) is 12.0. The van der Waals surface area contributed by atoms with Gasteiger partial charge in [-0.15, -0.1) is 0 Å². The number of hydrogen-bond acceptors (Lipinski definition) is 4. The molecular weight excluding hydrogens is 545 g/mol. The fourth-order valence-electron chi connectivity index (χ4n) is 3.65. The number of nitrogens with zero attached hydrogens (tertiary/aromatic N) is 2. The number of carbonyl (C=O) groups is 2. The summed E-state index contributed by atoms with van der Waals surface area (Å²) in [5, 5.41) is 4.00. The molecule has 36 heavy (non-hydrogen) atoms. The lowest BCUT2D eigenvalue weighted by atomic mass is 10.1. The molecule has 1 unspecified atom stereocenters. The van der Waals surface area contributed by atoms with Gasteiger partial charge in [-0.05, 0) is 69.5 Å². The summed E-state index contributed by atoms with van der Waals surface area (Å²) in [7, 11) is -3.87. The van der Waals surface area contributed by atoms with Crippen LogP contribution in [0.15, 0.2) is 36.4 Å². The number of carbonyl (C=O) groups excluding carboxylic acids is 2. The minimum Gasteiger partial charge on any atom is -0.350 e. The number of amides is 2. The van der Waals surface area contributed by atoms with Crippen molar-refractivity contribution in [1.82, 2.24) is 10.2 Å². The van der Waals surface area contributed by atoms with Gasteiger partial charge in [0.25, 0.3) is 0 Å². The van der Waals surface area contributed by atoms with E-state index in [1.807, 2.05) is 20.8 Å². The van der Waals surface area contributed by atoms with Gasteiger partial charge in [-0.2, -0.15) is 0 Å². The molecule has 0 aromatic heterocycles. The molecule has 2 aromatic carbocycles. The van der Waals surface area contributed by atoms with E-state index >= 15 is 0 Å². The van der Waals surface area contributed by atoms with Crippen molar-refractivity contribution in [3.63, 3.8) is 0 Å². The molecular formula is C25H32Cl3N3O4S. The molecule has 2 rings (SSSR count). The summed E-state index contributed by atoms with van der Waals surface area (Å²) in [6, 6.07) is 8.81. The van der Waals surface area contributed by atoms with E-state index in [1.165, 1.54) is 11.0 Å². The first-order valence-corrected chi connectivity index (χ1v) is 14.3. The summed E-state index contributed by atoms with van der Waals surface area (Å²) in [4.78, 5) is 28.3. The first kappa shape index (κ1) is 30.2. The Balaban J connectivity index is 2.54. The van der Waals surface area contributed by atoms with Crippen LogP contribution in [-0.2, 0) is 26.2 Å². The first-order valence-electron chi connectivity index (χ1n) is 11.3. The van der Waals surface area contributed by atoms with Gasteiger partial charge < -0.3 is 10.2 Å². The fourth-order valence-corrected chi connectivity index (χ4v) is 5.19. The Hall–Kier alpha value is -2.00. The van der Waals surface area contributed by atoms with Crippen LogP contribution < -0.4 is 9.62 Å². The average Bonchev–Trinajstić information content (AvgIpc) is 2.73. The highest BCUT2D eigenvalue weighted by Gasteiger charge is 2.33. The van der Waals surface area contributed by atoms with Crippen molar-refractivity contribution in [3.8, 4) is 0 Å². The minimum absolute atomic E-state index is 0.0168. The summed E-state index contributed by atoms with van der Waals surface area (Å²) in [5.74, 6) is -0.921. The summed E-state index contributed by atoms with van der Waals surface area (Å²) in [6.07, 6.45) is 1.32. The lowest BCUT2D eigenvalue weighted by Gasteiger charge is -2.35. The van der Waals surface area contributed by atoms with Gasteiger partial charge in [0.15, 0.2) is 0 Å². The minimum atomic E-state index is -3.87. The number of anilines is 1. The lowest BCUT2D eigenvalue weighted by molar-refractivity contribution is -0.141. The molecule has 11 heteroatoms. The van der Waals surface area contributed by atoms with Crippen LogP contribution in [0, 0.1) is 6.92 Å². The molecule has 0 saturated heterocycles. The fraction of sp³-hybridized carbons (Fsp3) is 0.440. The third-order valence-corrected chi connectivity index (χ3v) is 7.31. The second-order valence-electron chi connectivity index (χ2n) is 9.62. The van der Waals surface area contributed by atoms with Crippen LogP contribution in [0.2, 0.25) is 15.1 Å². The van der Waals surface area contributed by atoms with Crippen molar-refractivity contribution in [1.29, 1.82) is 0 Å². The van der Waals surface area contributed by atoms with E-state index in [-0.39, 0.29) is 18.1 Å². The van der Waals surface area contributed by atoms with Crippen LogP contribution in [0.4, 0.5) is 5.69 Å². The Morgan fingerprint density at radius 1 is 1.03 bits per heavy atom. The number of rotatable bonds is 9. The number of halogens is 3.